The van der Waals surface area contributed by atoms with E-state index in [-0.39, 0.29) is 12.6 Å². The number of methoxy groups -OCH3 is 1. The lowest BCUT2D eigenvalue weighted by Gasteiger charge is -2.15. The Morgan fingerprint density at radius 3 is 2.50 bits per heavy atom. The number of cyclic esters (lactones) is 1. The molecule has 3 aromatic rings. The van der Waals surface area contributed by atoms with Crippen LogP contribution in [-0.4, -0.2) is 29.8 Å². The third-order valence-corrected chi connectivity index (χ3v) is 4.41. The molecule has 0 bridgehead atoms. The van der Waals surface area contributed by atoms with E-state index in [1.54, 1.807) is 19.5 Å². The van der Waals surface area contributed by atoms with E-state index in [9.17, 15) is 4.79 Å². The summed E-state index contributed by atoms with van der Waals surface area (Å²) < 4.78 is 10.3. The van der Waals surface area contributed by atoms with E-state index in [1.165, 1.54) is 6.33 Å². The van der Waals surface area contributed by atoms with E-state index in [2.05, 4.69) is 27.1 Å². The second-order valence-corrected chi connectivity index (χ2v) is 6.20. The number of hydrogen-bond acceptors (Lipinski definition) is 5. The van der Waals surface area contributed by atoms with Crippen LogP contribution < -0.4 is 10.1 Å². The van der Waals surface area contributed by atoms with Gasteiger partial charge in [0, 0.05) is 18.0 Å². The molecule has 0 aliphatic carbocycles. The Morgan fingerprint density at radius 1 is 1.07 bits per heavy atom. The Bertz CT molecular complexity index is 1050. The molecule has 0 saturated carbocycles. The van der Waals surface area contributed by atoms with Gasteiger partial charge < -0.3 is 14.8 Å². The molecule has 6 heteroatoms. The summed E-state index contributed by atoms with van der Waals surface area (Å²) >= 11 is 0. The molecule has 1 aliphatic heterocycles. The second-order valence-electron chi connectivity index (χ2n) is 6.20. The van der Waals surface area contributed by atoms with Crippen LogP contribution in [0.1, 0.15) is 22.7 Å². The molecular weight excluding hydrogens is 354 g/mol. The van der Waals surface area contributed by atoms with Gasteiger partial charge in [-0.2, -0.15) is 0 Å². The van der Waals surface area contributed by atoms with Gasteiger partial charge in [-0.25, -0.2) is 14.8 Å². The van der Waals surface area contributed by atoms with Crippen LogP contribution in [0.25, 0.3) is 11.1 Å². The van der Waals surface area contributed by atoms with Gasteiger partial charge in [0.1, 0.15) is 18.7 Å². The maximum atomic E-state index is 11.6. The van der Waals surface area contributed by atoms with Crippen LogP contribution in [0.15, 0.2) is 61.2 Å². The van der Waals surface area contributed by atoms with E-state index in [4.69, 9.17) is 9.47 Å². The van der Waals surface area contributed by atoms with Crippen molar-refractivity contribution in [2.75, 3.05) is 13.7 Å². The van der Waals surface area contributed by atoms with E-state index in [1.807, 2.05) is 42.5 Å². The van der Waals surface area contributed by atoms with E-state index in [0.717, 1.165) is 33.6 Å². The zero-order valence-electron chi connectivity index (χ0n) is 15.2. The van der Waals surface area contributed by atoms with Crippen molar-refractivity contribution in [3.8, 4) is 28.7 Å². The number of carbonyl (C=O) groups excluding carboxylic acids is 1. The monoisotopic (exact) mass is 371 g/mol. The van der Waals surface area contributed by atoms with Gasteiger partial charge in [0.25, 0.3) is 0 Å². The van der Waals surface area contributed by atoms with Crippen molar-refractivity contribution in [3.05, 3.63) is 77.9 Å². The Hall–Kier alpha value is -3.85. The molecule has 1 aromatic heterocycles. The quantitative estimate of drug-likeness (QED) is 0.715. The van der Waals surface area contributed by atoms with Crippen LogP contribution in [0, 0.1) is 11.8 Å². The molecule has 1 aliphatic rings. The molecule has 0 radical (unpaired) electrons. The molecule has 2 aromatic carbocycles. The number of amides is 1. The highest BCUT2D eigenvalue weighted by Gasteiger charge is 2.26. The number of nitrogens with one attached hydrogen (secondary N) is 1. The summed E-state index contributed by atoms with van der Waals surface area (Å²) in [6, 6.07) is 13.5. The van der Waals surface area contributed by atoms with Gasteiger partial charge in [-0.1, -0.05) is 30.0 Å². The summed E-state index contributed by atoms with van der Waals surface area (Å²) in [6.45, 7) is 0.283. The molecular formula is C22H17N3O3. The topological polar surface area (TPSA) is 73.3 Å². The van der Waals surface area contributed by atoms with Crippen molar-refractivity contribution in [2.45, 2.75) is 6.04 Å². The van der Waals surface area contributed by atoms with Crippen molar-refractivity contribution in [3.63, 3.8) is 0 Å². The highest BCUT2D eigenvalue weighted by Crippen LogP contribution is 2.32. The van der Waals surface area contributed by atoms with Crippen molar-refractivity contribution in [1.29, 1.82) is 0 Å². The largest absolute Gasteiger partial charge is 0.497 e. The highest BCUT2D eigenvalue weighted by atomic mass is 16.6. The highest BCUT2D eigenvalue weighted by molar-refractivity contribution is 5.74. The van der Waals surface area contributed by atoms with Crippen LogP contribution in [0.2, 0.25) is 0 Å². The fourth-order valence-electron chi connectivity index (χ4n) is 3.02. The molecule has 2 heterocycles. The van der Waals surface area contributed by atoms with Gasteiger partial charge in [-0.05, 0) is 41.0 Å². The molecule has 1 unspecified atom stereocenters. The van der Waals surface area contributed by atoms with Gasteiger partial charge in [0.2, 0.25) is 0 Å². The number of alkyl carbamates (subject to hydrolysis) is 1. The second kappa shape index (κ2) is 7.80. The average molecular weight is 371 g/mol. The van der Waals surface area contributed by atoms with Gasteiger partial charge in [0.05, 0.1) is 18.7 Å². The third-order valence-electron chi connectivity index (χ3n) is 4.41. The summed E-state index contributed by atoms with van der Waals surface area (Å²) in [5, 5.41) is 2.85. The lowest BCUT2D eigenvalue weighted by atomic mass is 9.93. The Kier molecular flexibility index (Phi) is 4.89. The van der Waals surface area contributed by atoms with Crippen LogP contribution in [0.4, 0.5) is 4.79 Å². The number of aromatic nitrogens is 2. The number of benzene rings is 2. The maximum Gasteiger partial charge on any atom is 0.407 e. The standard InChI is InChI=1S/C22H17N3O3/c1-27-18-7-5-17(6-8-18)19-9-4-15(2-3-16-11-23-14-24-12-16)10-20(19)21-13-28-22(26)25-21/h4-12,14,21H,13H2,1H3,(H,25,26). The van der Waals surface area contributed by atoms with Crippen LogP contribution >= 0.6 is 0 Å². The first-order valence-corrected chi connectivity index (χ1v) is 8.71. The van der Waals surface area contributed by atoms with E-state index >= 15 is 0 Å². The molecule has 1 amide bonds. The fourth-order valence-corrected chi connectivity index (χ4v) is 3.02. The Labute approximate surface area is 162 Å². The molecule has 1 fully saturated rings. The van der Waals surface area contributed by atoms with Gasteiger partial charge >= 0.3 is 6.09 Å². The van der Waals surface area contributed by atoms with Crippen molar-refractivity contribution >= 4 is 6.09 Å². The van der Waals surface area contributed by atoms with Crippen molar-refractivity contribution in [2.24, 2.45) is 0 Å². The number of nitrogens with zero attached hydrogens (tertiary/aromatic N) is 2. The minimum absolute atomic E-state index is 0.230. The van der Waals surface area contributed by atoms with Gasteiger partial charge in [-0.15, -0.1) is 0 Å². The first kappa shape index (κ1) is 17.6. The normalized spacial score (nSPS) is 15.2. The maximum absolute atomic E-state index is 11.6. The van der Waals surface area contributed by atoms with Gasteiger partial charge in [0.15, 0.2) is 0 Å². The molecule has 0 spiro atoms. The fraction of sp³-hybridized carbons (Fsp3) is 0.136. The molecule has 28 heavy (non-hydrogen) atoms. The lowest BCUT2D eigenvalue weighted by molar-refractivity contribution is 0.177. The first-order valence-electron chi connectivity index (χ1n) is 8.71. The summed E-state index contributed by atoms with van der Waals surface area (Å²) in [5.74, 6) is 6.97. The number of hydrogen-bond donors (Lipinski definition) is 1. The molecule has 138 valence electrons. The molecule has 6 nitrogen and oxygen atoms in total. The molecule has 4 rings (SSSR count). The number of ether oxygens (including phenoxy) is 2. The first-order chi connectivity index (χ1) is 13.7. The zero-order valence-corrected chi connectivity index (χ0v) is 15.2. The van der Waals surface area contributed by atoms with E-state index < -0.39 is 6.09 Å². The summed E-state index contributed by atoms with van der Waals surface area (Å²) in [4.78, 5) is 19.5. The smallest absolute Gasteiger partial charge is 0.407 e. The molecule has 1 saturated heterocycles. The van der Waals surface area contributed by atoms with Crippen LogP contribution in [-0.2, 0) is 4.74 Å². The van der Waals surface area contributed by atoms with E-state index in [0.29, 0.717) is 0 Å². The van der Waals surface area contributed by atoms with Crippen molar-refractivity contribution in [1.82, 2.24) is 15.3 Å². The average Bonchev–Trinajstić information content (AvgIpc) is 3.19. The van der Waals surface area contributed by atoms with Crippen LogP contribution in [0.3, 0.4) is 0 Å². The minimum Gasteiger partial charge on any atom is -0.497 e. The summed E-state index contributed by atoms with van der Waals surface area (Å²) in [7, 11) is 1.64. The predicted octanol–water partition coefficient (Wildman–Crippen LogP) is 3.33. The molecule has 1 N–H and O–H groups in total. The van der Waals surface area contributed by atoms with Crippen LogP contribution in [0.5, 0.6) is 5.75 Å². The minimum atomic E-state index is -0.413. The number of rotatable bonds is 3. The summed E-state index contributed by atoms with van der Waals surface area (Å²) in [5.41, 5.74) is 4.55. The van der Waals surface area contributed by atoms with Crippen molar-refractivity contribution < 1.29 is 14.3 Å². The SMILES string of the molecule is COc1ccc(-c2ccc(C#Cc3cncnc3)cc2C2COC(=O)N2)cc1. The number of carbonyl (C=O) groups is 1. The summed E-state index contributed by atoms with van der Waals surface area (Å²) in [6.07, 6.45) is 4.38. The Morgan fingerprint density at radius 2 is 1.82 bits per heavy atom. The zero-order chi connectivity index (χ0) is 19.3. The predicted molar refractivity (Wildman–Crippen MR) is 104 cm³/mol. The molecule has 1 atom stereocenters. The lowest BCUT2D eigenvalue weighted by Crippen LogP contribution is -2.19. The Balaban J connectivity index is 1.73. The third kappa shape index (κ3) is 3.79. The van der Waals surface area contributed by atoms with Gasteiger partial charge in [-0.3, -0.25) is 0 Å².